The van der Waals surface area contributed by atoms with Crippen LogP contribution in [0.15, 0.2) is 65.5 Å². The lowest BCUT2D eigenvalue weighted by Gasteiger charge is -2.62. The van der Waals surface area contributed by atoms with E-state index in [9.17, 15) is 45.8 Å². The van der Waals surface area contributed by atoms with Gasteiger partial charge in [0.05, 0.1) is 23.2 Å². The molecule has 0 radical (unpaired) electrons. The molecule has 7 nitrogen and oxygen atoms in total. The molecule has 1 amide bonds. The van der Waals surface area contributed by atoms with Crippen LogP contribution in [0.4, 0.5) is 26.3 Å². The highest BCUT2D eigenvalue weighted by atomic mass is 19.4. The first kappa shape index (κ1) is 32.5. The molecule has 248 valence electrons. The monoisotopic (exact) mass is 659 g/mol. The van der Waals surface area contributed by atoms with Crippen LogP contribution in [-0.4, -0.2) is 58.3 Å². The molecule has 2 heterocycles. The Morgan fingerprint density at radius 3 is 2.17 bits per heavy atom. The lowest BCUT2D eigenvalue weighted by atomic mass is 9.50. The fourth-order valence-corrected chi connectivity index (χ4v) is 7.82. The first-order valence-corrected chi connectivity index (χ1v) is 14.9. The number of carbonyl (C=O) groups excluding carboxylic acids is 1. The van der Waals surface area contributed by atoms with Gasteiger partial charge >= 0.3 is 18.3 Å². The Bertz CT molecular complexity index is 1970. The van der Waals surface area contributed by atoms with E-state index in [1.807, 2.05) is 0 Å². The Hall–Kier alpha value is -4.39. The minimum atomic E-state index is -4.87. The maximum absolute atomic E-state index is 14.6. The number of rotatable bonds is 7. The standard InChI is InChI=1S/C34H31F6N3O4/c1-31(14-32(15-31)16-43(17-32)18-33(35,36)37)30(47)41-24(29(45)46)13-19-7-5-10-21-20(19)9-6-11-22(21)26-27(34(38,39)40)23-8-3-4-12-25(23)42(2)28(26)44/h3-12,24H,13-18H2,1-2H3,(H,41,47)(H,45,46)/t24-/m0/s1. The van der Waals surface area contributed by atoms with Crippen molar-refractivity contribution in [1.82, 2.24) is 14.8 Å². The molecule has 0 bridgehead atoms. The van der Waals surface area contributed by atoms with Crippen molar-refractivity contribution in [2.24, 2.45) is 17.9 Å². The first-order chi connectivity index (χ1) is 21.9. The SMILES string of the molecule is Cn1c(=O)c(-c2cccc3c(C[C@H](NC(=O)C4(C)CC5(CN(CC(F)(F)F)C5)C4)C(=O)O)cccc23)c(C(F)(F)F)c2ccccc21. The number of hydrogen-bond acceptors (Lipinski definition) is 4. The highest BCUT2D eigenvalue weighted by molar-refractivity contribution is 6.02. The largest absolute Gasteiger partial charge is 0.480 e. The molecule has 2 aliphatic rings. The van der Waals surface area contributed by atoms with Gasteiger partial charge in [-0.2, -0.15) is 26.3 Å². The molecular weight excluding hydrogens is 628 g/mol. The van der Waals surface area contributed by atoms with Gasteiger partial charge in [0.15, 0.2) is 0 Å². The van der Waals surface area contributed by atoms with Gasteiger partial charge in [0.2, 0.25) is 5.91 Å². The highest BCUT2D eigenvalue weighted by Crippen LogP contribution is 2.59. The Labute approximate surface area is 264 Å². The summed E-state index contributed by atoms with van der Waals surface area (Å²) in [6, 6.07) is 13.6. The van der Waals surface area contributed by atoms with Crippen LogP contribution in [0.3, 0.4) is 0 Å². The molecule has 1 aliphatic heterocycles. The van der Waals surface area contributed by atoms with Crippen molar-refractivity contribution in [3.8, 4) is 11.1 Å². The second kappa shape index (κ2) is 11.1. The van der Waals surface area contributed by atoms with Gasteiger partial charge < -0.3 is 15.0 Å². The van der Waals surface area contributed by atoms with Crippen LogP contribution in [0.1, 0.15) is 30.9 Å². The van der Waals surface area contributed by atoms with Gasteiger partial charge in [-0.15, -0.1) is 0 Å². The molecule has 2 fully saturated rings. The number of nitrogens with zero attached hydrogens (tertiary/aromatic N) is 2. The molecule has 13 heteroatoms. The van der Waals surface area contributed by atoms with Gasteiger partial charge in [-0.1, -0.05) is 61.5 Å². The number of benzene rings is 3. The van der Waals surface area contributed by atoms with E-state index < -0.39 is 64.3 Å². The summed E-state index contributed by atoms with van der Waals surface area (Å²) in [5.74, 6) is -1.85. The number of pyridine rings is 1. The minimum Gasteiger partial charge on any atom is -0.480 e. The third-order valence-corrected chi connectivity index (χ3v) is 9.50. The van der Waals surface area contributed by atoms with Gasteiger partial charge in [0.1, 0.15) is 6.04 Å². The van der Waals surface area contributed by atoms with E-state index in [1.54, 1.807) is 37.3 Å². The zero-order valence-corrected chi connectivity index (χ0v) is 25.4. The Morgan fingerprint density at radius 2 is 1.53 bits per heavy atom. The molecule has 1 saturated carbocycles. The molecule has 47 heavy (non-hydrogen) atoms. The number of carboxylic acids is 1. The summed E-state index contributed by atoms with van der Waals surface area (Å²) in [6.45, 7) is 1.07. The summed E-state index contributed by atoms with van der Waals surface area (Å²) in [5.41, 5.74) is -3.21. The predicted octanol–water partition coefficient (Wildman–Crippen LogP) is 6.15. The van der Waals surface area contributed by atoms with Crippen molar-refractivity contribution in [3.05, 3.63) is 82.1 Å². The van der Waals surface area contributed by atoms with E-state index >= 15 is 0 Å². The van der Waals surface area contributed by atoms with Gasteiger partial charge in [0, 0.05) is 37.4 Å². The number of amides is 1. The fourth-order valence-electron chi connectivity index (χ4n) is 7.82. The van der Waals surface area contributed by atoms with E-state index in [2.05, 4.69) is 5.32 Å². The van der Waals surface area contributed by atoms with Crippen LogP contribution in [0.5, 0.6) is 0 Å². The number of aromatic nitrogens is 1. The van der Waals surface area contributed by atoms with Crippen molar-refractivity contribution in [3.63, 3.8) is 0 Å². The van der Waals surface area contributed by atoms with E-state index in [0.717, 1.165) is 0 Å². The molecule has 1 spiro atoms. The maximum atomic E-state index is 14.6. The third kappa shape index (κ3) is 5.85. The summed E-state index contributed by atoms with van der Waals surface area (Å²) in [7, 11) is 1.40. The number of likely N-dealkylation sites (tertiary alicyclic amines) is 1. The summed E-state index contributed by atoms with van der Waals surface area (Å²) < 4.78 is 83.2. The topological polar surface area (TPSA) is 91.6 Å². The predicted molar refractivity (Wildman–Crippen MR) is 163 cm³/mol. The number of halogens is 6. The van der Waals surface area contributed by atoms with Crippen molar-refractivity contribution in [2.75, 3.05) is 19.6 Å². The molecule has 6 rings (SSSR count). The van der Waals surface area contributed by atoms with Crippen molar-refractivity contribution < 1.29 is 41.0 Å². The first-order valence-electron chi connectivity index (χ1n) is 14.9. The van der Waals surface area contributed by atoms with E-state index in [0.29, 0.717) is 29.2 Å². The Balaban J connectivity index is 1.30. The molecule has 1 saturated heterocycles. The van der Waals surface area contributed by atoms with Crippen LogP contribution in [0.25, 0.3) is 32.8 Å². The Kier molecular flexibility index (Phi) is 7.69. The molecule has 1 aliphatic carbocycles. The lowest BCUT2D eigenvalue weighted by molar-refractivity contribution is -0.200. The number of para-hydroxylation sites is 1. The normalized spacial score (nSPS) is 18.1. The van der Waals surface area contributed by atoms with E-state index in [1.165, 1.54) is 46.8 Å². The second-order valence-electron chi connectivity index (χ2n) is 13.2. The smallest absolute Gasteiger partial charge is 0.417 e. The van der Waals surface area contributed by atoms with Crippen molar-refractivity contribution >= 4 is 33.6 Å². The molecule has 1 atom stereocenters. The van der Waals surface area contributed by atoms with Crippen LogP contribution in [0.2, 0.25) is 0 Å². The van der Waals surface area contributed by atoms with Gasteiger partial charge in [-0.25, -0.2) is 4.79 Å². The molecule has 2 N–H and O–H groups in total. The zero-order chi connectivity index (χ0) is 34.1. The van der Waals surface area contributed by atoms with Crippen LogP contribution >= 0.6 is 0 Å². The zero-order valence-electron chi connectivity index (χ0n) is 25.4. The molecule has 4 aromatic rings. The number of aliphatic carboxylic acids is 1. The number of carboxylic acid groups (broad SMARTS) is 1. The minimum absolute atomic E-state index is 0.0336. The fraction of sp³-hybridized carbons (Fsp3) is 0.382. The lowest BCUT2D eigenvalue weighted by Crippen LogP contribution is -2.68. The average Bonchev–Trinajstić information content (AvgIpc) is 2.95. The highest BCUT2D eigenvalue weighted by Gasteiger charge is 2.61. The maximum Gasteiger partial charge on any atom is 0.417 e. The number of carbonyl (C=O) groups is 2. The number of aryl methyl sites for hydroxylation is 1. The number of hydrogen-bond donors (Lipinski definition) is 2. The van der Waals surface area contributed by atoms with Gasteiger partial charge in [-0.3, -0.25) is 14.5 Å². The number of nitrogens with one attached hydrogen (secondary N) is 1. The third-order valence-electron chi connectivity index (χ3n) is 9.50. The summed E-state index contributed by atoms with van der Waals surface area (Å²) >= 11 is 0. The summed E-state index contributed by atoms with van der Waals surface area (Å²) in [6.07, 6.45) is -8.73. The van der Waals surface area contributed by atoms with Crippen LogP contribution in [-0.2, 0) is 29.2 Å². The average molecular weight is 660 g/mol. The molecule has 1 aromatic heterocycles. The van der Waals surface area contributed by atoms with Crippen molar-refractivity contribution in [1.29, 1.82) is 0 Å². The van der Waals surface area contributed by atoms with Crippen LogP contribution in [0, 0.1) is 10.8 Å². The van der Waals surface area contributed by atoms with Crippen LogP contribution < -0.4 is 10.9 Å². The van der Waals surface area contributed by atoms with Crippen molar-refractivity contribution in [2.45, 2.75) is 44.6 Å². The van der Waals surface area contributed by atoms with Gasteiger partial charge in [-0.05, 0) is 46.2 Å². The summed E-state index contributed by atoms with van der Waals surface area (Å²) in [4.78, 5) is 40.4. The summed E-state index contributed by atoms with van der Waals surface area (Å²) in [5, 5.41) is 13.2. The molecule has 0 unspecified atom stereocenters. The molecule has 3 aromatic carbocycles. The van der Waals surface area contributed by atoms with E-state index in [-0.39, 0.29) is 36.0 Å². The van der Waals surface area contributed by atoms with E-state index in [4.69, 9.17) is 0 Å². The second-order valence-corrected chi connectivity index (χ2v) is 13.2. The number of alkyl halides is 6. The Morgan fingerprint density at radius 1 is 0.915 bits per heavy atom. The quantitative estimate of drug-likeness (QED) is 0.232. The number of fused-ring (bicyclic) bond motifs is 2. The molecular formula is C34H31F6N3O4. The van der Waals surface area contributed by atoms with Gasteiger partial charge in [0.25, 0.3) is 5.56 Å².